The van der Waals surface area contributed by atoms with Gasteiger partial charge in [-0.25, -0.2) is 34.2 Å². The van der Waals surface area contributed by atoms with Crippen molar-refractivity contribution >= 4 is 34.4 Å². The van der Waals surface area contributed by atoms with Crippen molar-refractivity contribution < 1.29 is 13.7 Å². The van der Waals surface area contributed by atoms with E-state index in [9.17, 15) is 0 Å². The first-order valence-electron chi connectivity index (χ1n) is 25.1. The molecule has 0 unspecified atom stereocenters. The molecule has 0 aliphatic carbocycles. The van der Waals surface area contributed by atoms with Crippen LogP contribution in [0.2, 0.25) is 0 Å². The number of hydrogen-bond donors (Lipinski definition) is 0. The highest BCUT2D eigenvalue weighted by atomic mass is 32.1. The number of aromatic nitrogens is 27. The van der Waals surface area contributed by atoms with Gasteiger partial charge in [-0.1, -0.05) is 31.1 Å². The van der Waals surface area contributed by atoms with E-state index in [2.05, 4.69) is 131 Å². The number of nitrogens with zero attached hydrogens (tertiary/aromatic N) is 27. The average Bonchev–Trinajstić information content (AvgIpc) is 4.33. The third kappa shape index (κ3) is 29.9. The predicted molar refractivity (Wildman–Crippen MR) is 312 cm³/mol. The minimum absolute atomic E-state index is 0.623. The number of hydrogen-bond acceptors (Lipinski definition) is 28. The van der Waals surface area contributed by atoms with Crippen LogP contribution in [0.25, 0.3) is 0 Å². The number of thiazole rings is 1. The van der Waals surface area contributed by atoms with Gasteiger partial charge < -0.3 is 9.05 Å². The van der Waals surface area contributed by atoms with Crippen LogP contribution >= 0.6 is 34.4 Å². The molecular formula is C49H81N27O3S3. The van der Waals surface area contributed by atoms with Crippen molar-refractivity contribution in [2.45, 2.75) is 152 Å². The summed E-state index contributed by atoms with van der Waals surface area (Å²) in [6, 6.07) is 0. The molecule has 0 radical (unpaired) electrons. The van der Waals surface area contributed by atoms with Crippen molar-refractivity contribution in [1.29, 1.82) is 0 Å². The number of rotatable bonds is 0. The summed E-state index contributed by atoms with van der Waals surface area (Å²) in [5.41, 5.74) is 7.17. The first-order chi connectivity index (χ1) is 38.3. The van der Waals surface area contributed by atoms with Gasteiger partial charge in [0.15, 0.2) is 11.6 Å². The van der Waals surface area contributed by atoms with Crippen LogP contribution in [0.15, 0.2) is 13.7 Å². The fraction of sp³-hybridized carbons (Fsp3) is 0.551. The smallest absolute Gasteiger partial charge is 0.223 e. The third-order valence-electron chi connectivity index (χ3n) is 10.2. The minimum atomic E-state index is 0.623. The molecule has 11 aromatic rings. The van der Waals surface area contributed by atoms with E-state index in [1.165, 1.54) is 38.6 Å². The summed E-state index contributed by atoms with van der Waals surface area (Å²) in [7, 11) is 9.34. The zero-order chi connectivity index (χ0) is 62.4. The van der Waals surface area contributed by atoms with Crippen LogP contribution in [0.5, 0.6) is 0 Å². The Morgan fingerprint density at radius 3 is 0.817 bits per heavy atom. The van der Waals surface area contributed by atoms with Crippen LogP contribution in [0, 0.1) is 152 Å². The second-order valence-corrected chi connectivity index (χ2v) is 20.8. The Kier molecular flexibility index (Phi) is 32.3. The molecule has 0 saturated heterocycles. The standard InChI is InChI=1S/C6H9NS.4C5H9N3.3C4H6N2O.2C4H6N2S.C3H6N4/c1-4-5(2)8-6(3)7-4;2*1-4-6-5(2)8(3)7-4;2*1-4-5(2)8(3)7-6-4;2*1-3-5-4(2)7-6-3;1-3-4(2)6-7-5-3;2*1-3-5-4(2)7-6-3;1-3-4-5-6-7(3)2/h5*1-3H3;6*1-2H3. The summed E-state index contributed by atoms with van der Waals surface area (Å²) in [6.07, 6.45) is 0. The van der Waals surface area contributed by atoms with Crippen molar-refractivity contribution in [2.75, 3.05) is 0 Å². The summed E-state index contributed by atoms with van der Waals surface area (Å²) in [6.45, 7) is 42.0. The Labute approximate surface area is 491 Å². The lowest BCUT2D eigenvalue weighted by atomic mass is 10.4. The third-order valence-corrected chi connectivity index (χ3v) is 12.6. The van der Waals surface area contributed by atoms with E-state index >= 15 is 0 Å². The highest BCUT2D eigenvalue weighted by molar-refractivity contribution is 7.11. The Morgan fingerprint density at radius 1 is 0.329 bits per heavy atom. The van der Waals surface area contributed by atoms with Crippen molar-refractivity contribution in [2.24, 2.45) is 35.2 Å². The molecule has 82 heavy (non-hydrogen) atoms. The van der Waals surface area contributed by atoms with Crippen LogP contribution in [-0.4, -0.2) is 134 Å². The number of tetrazole rings is 1. The van der Waals surface area contributed by atoms with E-state index in [1.807, 2.05) is 146 Å². The molecule has 11 rings (SSSR count). The minimum Gasteiger partial charge on any atom is -0.340 e. The van der Waals surface area contributed by atoms with Crippen LogP contribution < -0.4 is 0 Å². The average molecular weight is 1190 g/mol. The maximum Gasteiger partial charge on any atom is 0.223 e. The maximum absolute atomic E-state index is 4.60. The van der Waals surface area contributed by atoms with Crippen molar-refractivity contribution in [3.8, 4) is 0 Å². The van der Waals surface area contributed by atoms with Gasteiger partial charge in [-0.3, -0.25) is 18.7 Å². The van der Waals surface area contributed by atoms with Gasteiger partial charge in [-0.2, -0.15) is 28.9 Å². The van der Waals surface area contributed by atoms with E-state index < -0.39 is 0 Å². The molecule has 0 N–H and O–H groups in total. The molecule has 0 aromatic carbocycles. The summed E-state index contributed by atoms with van der Waals surface area (Å²) in [4.78, 5) is 29.4. The molecule has 0 spiro atoms. The fourth-order valence-electron chi connectivity index (χ4n) is 5.04. The summed E-state index contributed by atoms with van der Waals surface area (Å²) in [5.74, 6) is 8.81. The second kappa shape index (κ2) is 36.9. The molecular weight excluding hydrogens is 1110 g/mol. The first-order valence-corrected chi connectivity index (χ1v) is 27.4. The van der Waals surface area contributed by atoms with Gasteiger partial charge in [-0.05, 0) is 172 Å². The van der Waals surface area contributed by atoms with Crippen molar-refractivity contribution in [3.05, 3.63) is 124 Å². The van der Waals surface area contributed by atoms with Gasteiger partial charge in [-0.15, -0.1) is 26.6 Å². The maximum atomic E-state index is 4.60. The molecule has 0 fully saturated rings. The molecule has 448 valence electrons. The lowest BCUT2D eigenvalue weighted by Crippen LogP contribution is -1.92. The van der Waals surface area contributed by atoms with Gasteiger partial charge in [0.2, 0.25) is 11.8 Å². The molecule has 0 amide bonds. The Morgan fingerprint density at radius 2 is 0.732 bits per heavy atom. The zero-order valence-electron chi connectivity index (χ0n) is 52.5. The summed E-state index contributed by atoms with van der Waals surface area (Å²) >= 11 is 4.64. The van der Waals surface area contributed by atoms with Crippen LogP contribution in [0.1, 0.15) is 124 Å². The molecule has 0 saturated carbocycles. The van der Waals surface area contributed by atoms with Gasteiger partial charge in [0.1, 0.15) is 62.2 Å². The highest BCUT2D eigenvalue weighted by Crippen LogP contribution is 2.14. The molecule has 11 aromatic heterocycles. The normalized spacial score (nSPS) is 9.65. The Balaban J connectivity index is 0.000000451. The van der Waals surface area contributed by atoms with Gasteiger partial charge in [0.25, 0.3) is 0 Å². The zero-order valence-corrected chi connectivity index (χ0v) is 55.0. The fourth-order valence-corrected chi connectivity index (χ4v) is 6.81. The topological polar surface area (TPSA) is 348 Å². The largest absolute Gasteiger partial charge is 0.340 e. The van der Waals surface area contributed by atoms with Crippen molar-refractivity contribution in [3.63, 3.8) is 0 Å². The van der Waals surface area contributed by atoms with Crippen LogP contribution in [0.4, 0.5) is 0 Å². The predicted octanol–water partition coefficient (Wildman–Crippen LogP) is 7.68. The van der Waals surface area contributed by atoms with E-state index in [0.717, 1.165) is 84.9 Å². The monoisotopic (exact) mass is 1190 g/mol. The van der Waals surface area contributed by atoms with Crippen LogP contribution in [0.3, 0.4) is 0 Å². The Hall–Kier alpha value is -8.20. The first kappa shape index (κ1) is 71.8. The lowest BCUT2D eigenvalue weighted by molar-refractivity contribution is 0.302. The van der Waals surface area contributed by atoms with Crippen LogP contribution in [-0.2, 0) is 35.2 Å². The quantitative estimate of drug-likeness (QED) is 0.140. The molecule has 11 heterocycles. The van der Waals surface area contributed by atoms with Crippen molar-refractivity contribution in [1.82, 2.24) is 134 Å². The Bertz CT molecular complexity index is 2930. The molecule has 0 bridgehead atoms. The molecule has 0 atom stereocenters. The summed E-state index contributed by atoms with van der Waals surface area (Å²) < 4.78 is 30.1. The highest BCUT2D eigenvalue weighted by Gasteiger charge is 2.00. The number of aryl methyl sites for hydroxylation is 25. The molecule has 33 heteroatoms. The molecule has 0 aliphatic rings. The van der Waals surface area contributed by atoms with E-state index in [-0.39, 0.29) is 0 Å². The van der Waals surface area contributed by atoms with E-state index in [4.69, 9.17) is 0 Å². The molecule has 0 aliphatic heterocycles. The van der Waals surface area contributed by atoms with Gasteiger partial charge in [0, 0.05) is 54.0 Å². The second-order valence-electron chi connectivity index (χ2n) is 17.5. The molecule has 30 nitrogen and oxygen atoms in total. The van der Waals surface area contributed by atoms with Gasteiger partial charge in [0.05, 0.1) is 33.5 Å². The summed E-state index contributed by atoms with van der Waals surface area (Å²) in [5, 5.41) is 51.2. The van der Waals surface area contributed by atoms with E-state index in [0.29, 0.717) is 23.4 Å². The van der Waals surface area contributed by atoms with Gasteiger partial charge >= 0.3 is 0 Å². The lowest BCUT2D eigenvalue weighted by Gasteiger charge is -1.87. The van der Waals surface area contributed by atoms with E-state index in [1.54, 1.807) is 69.5 Å². The SMILES string of the molecule is Cc1nc(C)c(C)s1.Cc1nc(C)n(C)n1.Cc1nc(C)n(C)n1.Cc1nnn(C)c1C.Cc1nnn(C)c1C.Cc1nnnn1C.Cc1noc(C)n1.Cc1noc(C)n1.Cc1nonc1C.Cc1nsc(C)n1.Cc1nsc(C)n1.